The molecule has 1 amide bonds. The number of hydrogen-bond donors (Lipinski definition) is 2. The zero-order valence-corrected chi connectivity index (χ0v) is 12.6. The van der Waals surface area contributed by atoms with Crippen molar-refractivity contribution in [3.05, 3.63) is 0 Å². The summed E-state index contributed by atoms with van der Waals surface area (Å²) in [6, 6.07) is 1.50. The largest absolute Gasteiger partial charge is 0.353 e. The Hall–Kier alpha value is -0.610. The van der Waals surface area contributed by atoms with Gasteiger partial charge in [0, 0.05) is 37.1 Å². The van der Waals surface area contributed by atoms with Crippen molar-refractivity contribution >= 4 is 5.91 Å². The first-order valence-corrected chi connectivity index (χ1v) is 7.84. The van der Waals surface area contributed by atoms with Gasteiger partial charge in [-0.1, -0.05) is 0 Å². The summed E-state index contributed by atoms with van der Waals surface area (Å²) < 4.78 is 0. The second-order valence-corrected chi connectivity index (χ2v) is 6.49. The molecule has 2 aliphatic rings. The fraction of sp³-hybridized carbons (Fsp3) is 0.933. The van der Waals surface area contributed by atoms with Gasteiger partial charge in [0.2, 0.25) is 5.91 Å². The number of carbonyl (C=O) groups is 1. The molecule has 0 aromatic carbocycles. The van der Waals surface area contributed by atoms with Crippen molar-refractivity contribution in [2.75, 3.05) is 19.6 Å². The highest BCUT2D eigenvalue weighted by atomic mass is 16.1. The summed E-state index contributed by atoms with van der Waals surface area (Å²) in [5.74, 6) is 0.510. The van der Waals surface area contributed by atoms with Crippen LogP contribution in [0.15, 0.2) is 0 Å². The van der Waals surface area contributed by atoms with E-state index in [1.807, 2.05) is 0 Å². The van der Waals surface area contributed by atoms with E-state index >= 15 is 0 Å². The second kappa shape index (κ2) is 6.71. The van der Waals surface area contributed by atoms with Crippen molar-refractivity contribution < 1.29 is 4.79 Å². The van der Waals surface area contributed by atoms with Gasteiger partial charge in [-0.2, -0.15) is 0 Å². The Labute approximate surface area is 117 Å². The number of likely N-dealkylation sites (tertiary alicyclic amines) is 1. The lowest BCUT2D eigenvalue weighted by molar-refractivity contribution is -0.127. The van der Waals surface area contributed by atoms with Crippen LogP contribution in [0.2, 0.25) is 0 Å². The van der Waals surface area contributed by atoms with E-state index in [9.17, 15) is 4.79 Å². The number of rotatable bonds is 3. The SMILES string of the molecule is CC(C)N1CCC(NC(=O)[C@H]2CCN[C@@H](C)C2)CC1. The normalized spacial score (nSPS) is 30.5. The van der Waals surface area contributed by atoms with Gasteiger partial charge >= 0.3 is 0 Å². The molecule has 2 heterocycles. The predicted molar refractivity (Wildman–Crippen MR) is 78.1 cm³/mol. The van der Waals surface area contributed by atoms with Gasteiger partial charge in [0.1, 0.15) is 0 Å². The van der Waals surface area contributed by atoms with Crippen molar-refractivity contribution in [2.45, 2.75) is 64.6 Å². The maximum atomic E-state index is 12.3. The van der Waals surface area contributed by atoms with E-state index in [1.165, 1.54) is 0 Å². The molecule has 0 radical (unpaired) electrons. The van der Waals surface area contributed by atoms with Crippen LogP contribution in [0.3, 0.4) is 0 Å². The highest BCUT2D eigenvalue weighted by Crippen LogP contribution is 2.18. The molecule has 0 bridgehead atoms. The quantitative estimate of drug-likeness (QED) is 0.811. The zero-order valence-electron chi connectivity index (χ0n) is 12.6. The van der Waals surface area contributed by atoms with Gasteiger partial charge < -0.3 is 15.5 Å². The third-order valence-corrected chi connectivity index (χ3v) is 4.60. The monoisotopic (exact) mass is 267 g/mol. The van der Waals surface area contributed by atoms with E-state index in [2.05, 4.69) is 36.3 Å². The first-order chi connectivity index (χ1) is 9.06. The van der Waals surface area contributed by atoms with Crippen LogP contribution >= 0.6 is 0 Å². The van der Waals surface area contributed by atoms with Crippen LogP contribution in [0, 0.1) is 5.92 Å². The van der Waals surface area contributed by atoms with Gasteiger partial charge in [-0.25, -0.2) is 0 Å². The summed E-state index contributed by atoms with van der Waals surface area (Å²) in [5, 5.41) is 6.68. The molecule has 0 aromatic heterocycles. The molecule has 2 rings (SSSR count). The van der Waals surface area contributed by atoms with Crippen molar-refractivity contribution in [2.24, 2.45) is 5.92 Å². The molecule has 2 saturated heterocycles. The third kappa shape index (κ3) is 4.18. The molecule has 2 N–H and O–H groups in total. The van der Waals surface area contributed by atoms with Gasteiger partial charge in [0.25, 0.3) is 0 Å². The van der Waals surface area contributed by atoms with Crippen LogP contribution in [-0.2, 0) is 4.79 Å². The molecule has 2 aliphatic heterocycles. The summed E-state index contributed by atoms with van der Waals surface area (Å²) >= 11 is 0. The van der Waals surface area contributed by atoms with E-state index in [4.69, 9.17) is 0 Å². The average molecular weight is 267 g/mol. The number of nitrogens with zero attached hydrogens (tertiary/aromatic N) is 1. The number of carbonyl (C=O) groups excluding carboxylic acids is 1. The lowest BCUT2D eigenvalue weighted by atomic mass is 9.91. The van der Waals surface area contributed by atoms with Crippen LogP contribution in [0.25, 0.3) is 0 Å². The fourth-order valence-electron chi connectivity index (χ4n) is 3.25. The first kappa shape index (κ1) is 14.8. The summed E-state index contributed by atoms with van der Waals surface area (Å²) in [7, 11) is 0. The van der Waals surface area contributed by atoms with Crippen molar-refractivity contribution in [1.82, 2.24) is 15.5 Å². The summed E-state index contributed by atoms with van der Waals surface area (Å²) in [5.41, 5.74) is 0. The Morgan fingerprint density at radius 3 is 2.53 bits per heavy atom. The van der Waals surface area contributed by atoms with Crippen LogP contribution < -0.4 is 10.6 Å². The maximum Gasteiger partial charge on any atom is 0.223 e. The minimum atomic E-state index is 0.222. The molecule has 2 fully saturated rings. The van der Waals surface area contributed by atoms with Crippen LogP contribution in [-0.4, -0.2) is 48.6 Å². The van der Waals surface area contributed by atoms with E-state index in [0.717, 1.165) is 45.3 Å². The molecule has 0 saturated carbocycles. The van der Waals surface area contributed by atoms with Crippen LogP contribution in [0.1, 0.15) is 46.5 Å². The molecular weight excluding hydrogens is 238 g/mol. The van der Waals surface area contributed by atoms with Gasteiger partial charge in [-0.3, -0.25) is 4.79 Å². The third-order valence-electron chi connectivity index (χ3n) is 4.60. The zero-order chi connectivity index (χ0) is 13.8. The first-order valence-electron chi connectivity index (χ1n) is 7.84. The molecule has 4 nitrogen and oxygen atoms in total. The summed E-state index contributed by atoms with van der Waals surface area (Å²) in [6.07, 6.45) is 4.17. The van der Waals surface area contributed by atoms with E-state index in [1.54, 1.807) is 0 Å². The Balaban J connectivity index is 1.74. The number of amides is 1. The van der Waals surface area contributed by atoms with Crippen molar-refractivity contribution in [3.8, 4) is 0 Å². The molecule has 2 atom stereocenters. The van der Waals surface area contributed by atoms with E-state index in [0.29, 0.717) is 18.1 Å². The average Bonchev–Trinajstić information content (AvgIpc) is 2.39. The summed E-state index contributed by atoms with van der Waals surface area (Å²) in [6.45, 7) is 9.87. The molecule has 4 heteroatoms. The summed E-state index contributed by atoms with van der Waals surface area (Å²) in [4.78, 5) is 14.8. The maximum absolute atomic E-state index is 12.3. The molecule has 0 aromatic rings. The van der Waals surface area contributed by atoms with E-state index in [-0.39, 0.29) is 11.8 Å². The molecular formula is C15H29N3O. The number of piperidine rings is 2. The fourth-order valence-corrected chi connectivity index (χ4v) is 3.25. The van der Waals surface area contributed by atoms with Gasteiger partial charge in [-0.15, -0.1) is 0 Å². The number of hydrogen-bond acceptors (Lipinski definition) is 3. The Kier molecular flexibility index (Phi) is 5.22. The standard InChI is InChI=1S/C15H29N3O/c1-11(2)18-8-5-14(6-9-18)17-15(19)13-4-7-16-12(3)10-13/h11-14,16H,4-10H2,1-3H3,(H,17,19)/t12-,13-/m0/s1. The molecule has 19 heavy (non-hydrogen) atoms. The van der Waals surface area contributed by atoms with Crippen LogP contribution in [0.4, 0.5) is 0 Å². The lowest BCUT2D eigenvalue weighted by Gasteiger charge is -2.36. The van der Waals surface area contributed by atoms with E-state index < -0.39 is 0 Å². The van der Waals surface area contributed by atoms with Gasteiger partial charge in [0.05, 0.1) is 0 Å². The van der Waals surface area contributed by atoms with Crippen molar-refractivity contribution in [1.29, 1.82) is 0 Å². The minimum absolute atomic E-state index is 0.222. The second-order valence-electron chi connectivity index (χ2n) is 6.49. The van der Waals surface area contributed by atoms with Crippen LogP contribution in [0.5, 0.6) is 0 Å². The predicted octanol–water partition coefficient (Wildman–Crippen LogP) is 1.36. The highest BCUT2D eigenvalue weighted by molar-refractivity contribution is 5.79. The highest BCUT2D eigenvalue weighted by Gasteiger charge is 2.28. The van der Waals surface area contributed by atoms with Crippen molar-refractivity contribution in [3.63, 3.8) is 0 Å². The van der Waals surface area contributed by atoms with Gasteiger partial charge in [-0.05, 0) is 53.0 Å². The lowest BCUT2D eigenvalue weighted by Crippen LogP contribution is -2.49. The van der Waals surface area contributed by atoms with Gasteiger partial charge in [0.15, 0.2) is 0 Å². The topological polar surface area (TPSA) is 44.4 Å². The number of nitrogens with one attached hydrogen (secondary N) is 2. The Morgan fingerprint density at radius 1 is 1.26 bits per heavy atom. The Bertz CT molecular complexity index is 298. The molecule has 0 spiro atoms. The Morgan fingerprint density at radius 2 is 1.95 bits per heavy atom. The minimum Gasteiger partial charge on any atom is -0.353 e. The molecule has 0 aliphatic carbocycles. The molecule has 110 valence electrons. The molecule has 0 unspecified atom stereocenters. The smallest absolute Gasteiger partial charge is 0.223 e.